The van der Waals surface area contributed by atoms with E-state index in [-0.39, 0.29) is 23.0 Å². The molecule has 23 heavy (non-hydrogen) atoms. The third-order valence-electron chi connectivity index (χ3n) is 3.11. The quantitative estimate of drug-likeness (QED) is 0.580. The molecular weight excluding hydrogens is 302 g/mol. The summed E-state index contributed by atoms with van der Waals surface area (Å²) >= 11 is 0. The van der Waals surface area contributed by atoms with Crippen LogP contribution in [0.2, 0.25) is 0 Å². The Bertz CT molecular complexity index is 886. The van der Waals surface area contributed by atoms with Gasteiger partial charge in [0, 0.05) is 23.3 Å². The lowest BCUT2D eigenvalue weighted by atomic mass is 10.1. The van der Waals surface area contributed by atoms with Gasteiger partial charge in [-0.1, -0.05) is 6.07 Å². The molecule has 1 N–H and O–H groups in total. The Morgan fingerprint density at radius 1 is 1.04 bits per heavy atom. The molecule has 1 heterocycles. The van der Waals surface area contributed by atoms with E-state index >= 15 is 0 Å². The van der Waals surface area contributed by atoms with Gasteiger partial charge in [0.25, 0.3) is 5.69 Å². The third kappa shape index (κ3) is 2.91. The van der Waals surface area contributed by atoms with Gasteiger partial charge in [-0.2, -0.15) is 0 Å². The molecule has 8 nitrogen and oxygen atoms in total. The van der Waals surface area contributed by atoms with E-state index in [9.17, 15) is 14.9 Å². The highest BCUT2D eigenvalue weighted by atomic mass is 16.6. The van der Waals surface area contributed by atoms with Crippen molar-refractivity contribution >= 4 is 11.7 Å². The number of benzene rings is 2. The second-order valence-corrected chi connectivity index (χ2v) is 4.60. The molecule has 1 aromatic heterocycles. The van der Waals surface area contributed by atoms with Crippen LogP contribution in [0.3, 0.4) is 0 Å². The summed E-state index contributed by atoms with van der Waals surface area (Å²) in [5, 5.41) is 27.4. The Kier molecular flexibility index (Phi) is 3.55. The van der Waals surface area contributed by atoms with E-state index in [1.54, 1.807) is 12.1 Å². The number of carbonyl (C=O) groups is 1. The molecule has 0 fully saturated rings. The fourth-order valence-corrected chi connectivity index (χ4v) is 1.97. The molecule has 0 radical (unpaired) electrons. The minimum Gasteiger partial charge on any atom is -0.478 e. The molecule has 2 aromatic carbocycles. The summed E-state index contributed by atoms with van der Waals surface area (Å²) in [7, 11) is 0. The first-order valence-corrected chi connectivity index (χ1v) is 6.46. The summed E-state index contributed by atoms with van der Waals surface area (Å²) in [4.78, 5) is 21.1. The number of nitro groups is 1. The molecule has 0 spiro atoms. The highest BCUT2D eigenvalue weighted by Crippen LogP contribution is 2.25. The standard InChI is InChI=1S/C15H9N3O5/c19-15(20)11-3-1-2-10(8-11)14-17-16-13(23-14)9-4-6-12(7-5-9)18(21)22/h1-8H,(H,19,20). The number of aromatic nitrogens is 2. The normalized spacial score (nSPS) is 10.4. The van der Waals surface area contributed by atoms with Gasteiger partial charge in [-0.05, 0) is 30.3 Å². The van der Waals surface area contributed by atoms with Gasteiger partial charge >= 0.3 is 5.97 Å². The van der Waals surface area contributed by atoms with Crippen LogP contribution in [0, 0.1) is 10.1 Å². The number of rotatable bonds is 4. The number of carboxylic acids is 1. The average Bonchev–Trinajstić information content (AvgIpc) is 3.05. The zero-order valence-corrected chi connectivity index (χ0v) is 11.5. The lowest BCUT2D eigenvalue weighted by Gasteiger charge is -1.97. The first kappa shape index (κ1) is 14.4. The van der Waals surface area contributed by atoms with Crippen molar-refractivity contribution in [3.05, 3.63) is 64.2 Å². The van der Waals surface area contributed by atoms with Gasteiger partial charge in [-0.15, -0.1) is 10.2 Å². The molecule has 0 atom stereocenters. The monoisotopic (exact) mass is 311 g/mol. The van der Waals surface area contributed by atoms with Crippen molar-refractivity contribution in [3.63, 3.8) is 0 Å². The maximum absolute atomic E-state index is 11.0. The number of hydrogen-bond donors (Lipinski definition) is 1. The van der Waals surface area contributed by atoms with E-state index in [1.165, 1.54) is 36.4 Å². The van der Waals surface area contributed by atoms with Crippen LogP contribution >= 0.6 is 0 Å². The molecule has 0 saturated carbocycles. The first-order valence-electron chi connectivity index (χ1n) is 6.46. The third-order valence-corrected chi connectivity index (χ3v) is 3.11. The van der Waals surface area contributed by atoms with Crippen molar-refractivity contribution in [2.45, 2.75) is 0 Å². The van der Waals surface area contributed by atoms with Crippen LogP contribution < -0.4 is 0 Å². The van der Waals surface area contributed by atoms with Crippen LogP contribution in [-0.4, -0.2) is 26.2 Å². The maximum atomic E-state index is 11.0. The fourth-order valence-electron chi connectivity index (χ4n) is 1.97. The van der Waals surface area contributed by atoms with E-state index in [0.29, 0.717) is 11.1 Å². The summed E-state index contributed by atoms with van der Waals surface area (Å²) < 4.78 is 5.51. The Labute approximate surface area is 129 Å². The van der Waals surface area contributed by atoms with E-state index < -0.39 is 10.9 Å². The van der Waals surface area contributed by atoms with Crippen molar-refractivity contribution < 1.29 is 19.2 Å². The van der Waals surface area contributed by atoms with Gasteiger partial charge < -0.3 is 9.52 Å². The molecule has 0 aliphatic heterocycles. The lowest BCUT2D eigenvalue weighted by molar-refractivity contribution is -0.384. The Morgan fingerprint density at radius 2 is 1.70 bits per heavy atom. The van der Waals surface area contributed by atoms with Gasteiger partial charge in [-0.25, -0.2) is 4.79 Å². The second-order valence-electron chi connectivity index (χ2n) is 4.60. The maximum Gasteiger partial charge on any atom is 0.335 e. The van der Waals surface area contributed by atoms with Crippen LogP contribution in [0.4, 0.5) is 5.69 Å². The molecule has 0 amide bonds. The second kappa shape index (κ2) is 5.68. The Hall–Kier alpha value is -3.55. The smallest absolute Gasteiger partial charge is 0.335 e. The van der Waals surface area contributed by atoms with Crippen molar-refractivity contribution in [1.82, 2.24) is 10.2 Å². The predicted molar refractivity (Wildman–Crippen MR) is 78.8 cm³/mol. The highest BCUT2D eigenvalue weighted by molar-refractivity contribution is 5.88. The summed E-state index contributed by atoms with van der Waals surface area (Å²) in [6.45, 7) is 0. The SMILES string of the molecule is O=C(O)c1cccc(-c2nnc(-c3ccc([N+](=O)[O-])cc3)o2)c1. The molecular formula is C15H9N3O5. The molecule has 0 aliphatic carbocycles. The highest BCUT2D eigenvalue weighted by Gasteiger charge is 2.13. The van der Waals surface area contributed by atoms with Gasteiger partial charge in [0.2, 0.25) is 11.8 Å². The minimum atomic E-state index is -1.05. The molecule has 8 heteroatoms. The van der Waals surface area contributed by atoms with Crippen molar-refractivity contribution in [2.75, 3.05) is 0 Å². The summed E-state index contributed by atoms with van der Waals surface area (Å²) in [6, 6.07) is 11.8. The lowest BCUT2D eigenvalue weighted by Crippen LogP contribution is -1.95. The average molecular weight is 311 g/mol. The molecule has 0 aliphatic rings. The Morgan fingerprint density at radius 3 is 2.30 bits per heavy atom. The van der Waals surface area contributed by atoms with Crippen LogP contribution in [0.25, 0.3) is 22.9 Å². The molecule has 0 bridgehead atoms. The van der Waals surface area contributed by atoms with Crippen molar-refractivity contribution in [3.8, 4) is 22.9 Å². The molecule has 3 aromatic rings. The zero-order valence-electron chi connectivity index (χ0n) is 11.5. The number of carboxylic acid groups (broad SMARTS) is 1. The predicted octanol–water partition coefficient (Wildman–Crippen LogP) is 3.01. The number of non-ortho nitro benzene ring substituents is 1. The van der Waals surface area contributed by atoms with E-state index in [0.717, 1.165) is 0 Å². The van der Waals surface area contributed by atoms with E-state index in [4.69, 9.17) is 9.52 Å². The molecule has 3 rings (SSSR count). The van der Waals surface area contributed by atoms with Gasteiger partial charge in [0.1, 0.15) is 0 Å². The number of hydrogen-bond acceptors (Lipinski definition) is 6. The molecule has 0 unspecified atom stereocenters. The topological polar surface area (TPSA) is 119 Å². The van der Waals surface area contributed by atoms with E-state index in [2.05, 4.69) is 10.2 Å². The molecule has 0 saturated heterocycles. The fraction of sp³-hybridized carbons (Fsp3) is 0. The Balaban J connectivity index is 1.92. The number of nitro benzene ring substituents is 1. The van der Waals surface area contributed by atoms with Crippen molar-refractivity contribution in [2.24, 2.45) is 0 Å². The summed E-state index contributed by atoms with van der Waals surface area (Å²) in [6.07, 6.45) is 0. The van der Waals surface area contributed by atoms with Gasteiger partial charge in [0.05, 0.1) is 10.5 Å². The molecule has 114 valence electrons. The van der Waals surface area contributed by atoms with Gasteiger partial charge in [-0.3, -0.25) is 10.1 Å². The van der Waals surface area contributed by atoms with Crippen LogP contribution in [0.1, 0.15) is 10.4 Å². The summed E-state index contributed by atoms with van der Waals surface area (Å²) in [5.74, 6) is -0.695. The van der Waals surface area contributed by atoms with Crippen LogP contribution in [0.15, 0.2) is 52.9 Å². The van der Waals surface area contributed by atoms with E-state index in [1.807, 2.05) is 0 Å². The van der Waals surface area contributed by atoms with Crippen LogP contribution in [0.5, 0.6) is 0 Å². The summed E-state index contributed by atoms with van der Waals surface area (Å²) in [5.41, 5.74) is 1.08. The van der Waals surface area contributed by atoms with Gasteiger partial charge in [0.15, 0.2) is 0 Å². The van der Waals surface area contributed by atoms with Crippen molar-refractivity contribution in [1.29, 1.82) is 0 Å². The first-order chi connectivity index (χ1) is 11.0. The zero-order chi connectivity index (χ0) is 16.4. The number of aromatic carboxylic acids is 1. The van der Waals surface area contributed by atoms with Crippen LogP contribution in [-0.2, 0) is 0 Å². The minimum absolute atomic E-state index is 0.0392. The number of nitrogens with zero attached hydrogens (tertiary/aromatic N) is 3. The largest absolute Gasteiger partial charge is 0.478 e.